The SMILES string of the molecule is COc1cccc(C(=O)N(Cc2ccccc2)c2nc3c(C)c(Cl)ccc3s2)c1. The molecule has 0 fully saturated rings. The molecule has 0 bridgehead atoms. The lowest BCUT2D eigenvalue weighted by atomic mass is 10.1. The van der Waals surface area contributed by atoms with Gasteiger partial charge in [0.1, 0.15) is 5.75 Å². The largest absolute Gasteiger partial charge is 0.497 e. The summed E-state index contributed by atoms with van der Waals surface area (Å²) in [5.74, 6) is 0.512. The van der Waals surface area contributed by atoms with Gasteiger partial charge in [0.05, 0.1) is 23.9 Å². The highest BCUT2D eigenvalue weighted by atomic mass is 35.5. The molecule has 0 radical (unpaired) electrons. The van der Waals surface area contributed by atoms with Crippen molar-refractivity contribution >= 4 is 44.2 Å². The van der Waals surface area contributed by atoms with Crippen LogP contribution in [0.25, 0.3) is 10.2 Å². The number of amides is 1. The van der Waals surface area contributed by atoms with Crippen LogP contribution in [0, 0.1) is 6.92 Å². The van der Waals surface area contributed by atoms with Crippen molar-refractivity contribution in [2.24, 2.45) is 0 Å². The Hall–Kier alpha value is -2.89. The lowest BCUT2D eigenvalue weighted by molar-refractivity contribution is 0.0985. The van der Waals surface area contributed by atoms with Gasteiger partial charge in [0, 0.05) is 10.6 Å². The van der Waals surface area contributed by atoms with Crippen LogP contribution in [0.2, 0.25) is 5.02 Å². The van der Waals surface area contributed by atoms with Gasteiger partial charge in [0.25, 0.3) is 5.91 Å². The number of fused-ring (bicyclic) bond motifs is 1. The highest BCUT2D eigenvalue weighted by Crippen LogP contribution is 2.35. The van der Waals surface area contributed by atoms with E-state index in [1.54, 1.807) is 24.1 Å². The highest BCUT2D eigenvalue weighted by molar-refractivity contribution is 7.22. The van der Waals surface area contributed by atoms with Gasteiger partial charge in [-0.1, -0.05) is 59.3 Å². The van der Waals surface area contributed by atoms with Crippen molar-refractivity contribution in [2.75, 3.05) is 12.0 Å². The second-order valence-corrected chi connectivity index (χ2v) is 8.04. The molecule has 4 nitrogen and oxygen atoms in total. The maximum atomic E-state index is 13.5. The topological polar surface area (TPSA) is 42.4 Å². The molecule has 4 aromatic rings. The quantitative estimate of drug-likeness (QED) is 0.389. The van der Waals surface area contributed by atoms with E-state index in [0.29, 0.717) is 28.0 Å². The summed E-state index contributed by atoms with van der Waals surface area (Å²) in [7, 11) is 1.59. The third-order valence-corrected chi connectivity index (χ3v) is 6.17. The molecule has 0 spiro atoms. The molecule has 1 aromatic heterocycles. The third kappa shape index (κ3) is 3.97. The van der Waals surface area contributed by atoms with Gasteiger partial charge in [-0.3, -0.25) is 9.69 Å². The van der Waals surface area contributed by atoms with Crippen LogP contribution in [-0.2, 0) is 6.54 Å². The smallest absolute Gasteiger partial charge is 0.260 e. The fraction of sp³-hybridized carbons (Fsp3) is 0.130. The van der Waals surface area contributed by atoms with Gasteiger partial charge < -0.3 is 4.74 Å². The van der Waals surface area contributed by atoms with E-state index in [9.17, 15) is 4.79 Å². The second kappa shape index (κ2) is 8.23. The Morgan fingerprint density at radius 2 is 1.90 bits per heavy atom. The summed E-state index contributed by atoms with van der Waals surface area (Å²) < 4.78 is 6.29. The molecular weight excluding hydrogens is 404 g/mol. The van der Waals surface area contributed by atoms with Crippen molar-refractivity contribution in [2.45, 2.75) is 13.5 Å². The average molecular weight is 423 g/mol. The summed E-state index contributed by atoms with van der Waals surface area (Å²) in [4.78, 5) is 19.9. The molecule has 1 amide bonds. The van der Waals surface area contributed by atoms with E-state index >= 15 is 0 Å². The predicted octanol–water partition coefficient (Wildman–Crippen LogP) is 6.11. The molecule has 3 aromatic carbocycles. The van der Waals surface area contributed by atoms with Crippen molar-refractivity contribution in [3.63, 3.8) is 0 Å². The van der Waals surface area contributed by atoms with Crippen LogP contribution in [0.15, 0.2) is 66.7 Å². The van der Waals surface area contributed by atoms with Crippen molar-refractivity contribution in [3.05, 3.63) is 88.4 Å². The molecule has 29 heavy (non-hydrogen) atoms. The maximum Gasteiger partial charge on any atom is 0.260 e. The van der Waals surface area contributed by atoms with E-state index in [4.69, 9.17) is 21.3 Å². The molecule has 0 unspecified atom stereocenters. The molecule has 1 heterocycles. The number of methoxy groups -OCH3 is 1. The number of thiazole rings is 1. The van der Waals surface area contributed by atoms with Crippen molar-refractivity contribution in [3.8, 4) is 5.75 Å². The maximum absolute atomic E-state index is 13.5. The van der Waals surface area contributed by atoms with E-state index in [-0.39, 0.29) is 5.91 Å². The highest BCUT2D eigenvalue weighted by Gasteiger charge is 2.23. The van der Waals surface area contributed by atoms with E-state index in [1.165, 1.54) is 11.3 Å². The molecule has 0 N–H and O–H groups in total. The number of aromatic nitrogens is 1. The Morgan fingerprint density at radius 1 is 1.10 bits per heavy atom. The molecule has 0 atom stereocenters. The lowest BCUT2D eigenvalue weighted by Gasteiger charge is -2.20. The Bertz CT molecular complexity index is 1170. The summed E-state index contributed by atoms with van der Waals surface area (Å²) in [6.45, 7) is 2.36. The number of rotatable bonds is 5. The monoisotopic (exact) mass is 422 g/mol. The molecule has 0 aliphatic carbocycles. The van der Waals surface area contributed by atoms with Crippen LogP contribution in [-0.4, -0.2) is 18.0 Å². The normalized spacial score (nSPS) is 10.9. The van der Waals surface area contributed by atoms with Crippen LogP contribution in [0.1, 0.15) is 21.5 Å². The van der Waals surface area contributed by atoms with E-state index < -0.39 is 0 Å². The minimum atomic E-state index is -0.129. The number of nitrogens with zero attached hydrogens (tertiary/aromatic N) is 2. The molecule has 6 heteroatoms. The summed E-state index contributed by atoms with van der Waals surface area (Å²) in [5.41, 5.74) is 3.32. The van der Waals surface area contributed by atoms with Gasteiger partial charge >= 0.3 is 0 Å². The summed E-state index contributed by atoms with van der Waals surface area (Å²) in [6.07, 6.45) is 0. The average Bonchev–Trinajstić information content (AvgIpc) is 3.20. The molecule has 146 valence electrons. The van der Waals surface area contributed by atoms with Crippen LogP contribution in [0.3, 0.4) is 0 Å². The number of carbonyl (C=O) groups excluding carboxylic acids is 1. The number of benzene rings is 3. The summed E-state index contributed by atoms with van der Waals surface area (Å²) >= 11 is 7.75. The van der Waals surface area contributed by atoms with Crippen LogP contribution in [0.5, 0.6) is 5.75 Å². The number of aryl methyl sites for hydroxylation is 1. The van der Waals surface area contributed by atoms with Crippen molar-refractivity contribution in [1.29, 1.82) is 0 Å². The fourth-order valence-electron chi connectivity index (χ4n) is 3.11. The van der Waals surface area contributed by atoms with Gasteiger partial charge in [-0.05, 0) is 48.4 Å². The molecular formula is C23H19ClN2O2S. The Balaban J connectivity index is 1.80. The summed E-state index contributed by atoms with van der Waals surface area (Å²) in [6, 6.07) is 20.9. The fourth-order valence-corrected chi connectivity index (χ4v) is 4.28. The van der Waals surface area contributed by atoms with E-state index in [1.807, 2.05) is 61.5 Å². The van der Waals surface area contributed by atoms with Gasteiger partial charge in [-0.15, -0.1) is 0 Å². The van der Waals surface area contributed by atoms with Crippen LogP contribution >= 0.6 is 22.9 Å². The van der Waals surface area contributed by atoms with Crippen LogP contribution < -0.4 is 9.64 Å². The van der Waals surface area contributed by atoms with Crippen molar-refractivity contribution < 1.29 is 9.53 Å². The van der Waals surface area contributed by atoms with Gasteiger partial charge in [0.2, 0.25) is 0 Å². The van der Waals surface area contributed by atoms with E-state index in [2.05, 4.69) is 0 Å². The number of ether oxygens (including phenoxy) is 1. The van der Waals surface area contributed by atoms with Crippen LogP contribution in [0.4, 0.5) is 5.13 Å². The van der Waals surface area contributed by atoms with Gasteiger partial charge in [-0.25, -0.2) is 4.98 Å². The molecule has 4 rings (SSSR count). The van der Waals surface area contributed by atoms with Crippen molar-refractivity contribution in [1.82, 2.24) is 4.98 Å². The zero-order valence-corrected chi connectivity index (χ0v) is 17.6. The molecule has 0 saturated heterocycles. The standard InChI is InChI=1S/C23H19ClN2O2S/c1-15-19(24)11-12-20-21(15)25-23(29-20)26(14-16-7-4-3-5-8-16)22(27)17-9-6-10-18(13-17)28-2/h3-13H,14H2,1-2H3. The Labute approximate surface area is 178 Å². The number of hydrogen-bond donors (Lipinski definition) is 0. The molecule has 0 saturated carbocycles. The first-order chi connectivity index (χ1) is 14.1. The number of anilines is 1. The second-order valence-electron chi connectivity index (χ2n) is 6.62. The third-order valence-electron chi connectivity index (χ3n) is 4.71. The van der Waals surface area contributed by atoms with E-state index in [0.717, 1.165) is 21.3 Å². The Morgan fingerprint density at radius 3 is 2.66 bits per heavy atom. The predicted molar refractivity (Wildman–Crippen MR) is 119 cm³/mol. The minimum absolute atomic E-state index is 0.129. The first-order valence-corrected chi connectivity index (χ1v) is 10.3. The Kier molecular flexibility index (Phi) is 5.51. The lowest BCUT2D eigenvalue weighted by Crippen LogP contribution is -2.30. The van der Waals surface area contributed by atoms with Gasteiger partial charge in [-0.2, -0.15) is 0 Å². The minimum Gasteiger partial charge on any atom is -0.497 e. The first kappa shape index (κ1) is 19.4. The first-order valence-electron chi connectivity index (χ1n) is 9.12. The summed E-state index contributed by atoms with van der Waals surface area (Å²) in [5, 5.41) is 1.31. The zero-order chi connectivity index (χ0) is 20.4. The number of carbonyl (C=O) groups is 1. The molecule has 0 aliphatic rings. The van der Waals surface area contributed by atoms with Gasteiger partial charge in [0.15, 0.2) is 5.13 Å². The molecule has 0 aliphatic heterocycles. The number of hydrogen-bond acceptors (Lipinski definition) is 4. The zero-order valence-electron chi connectivity index (χ0n) is 16.1. The number of halogens is 1.